The van der Waals surface area contributed by atoms with E-state index in [4.69, 9.17) is 4.74 Å². The summed E-state index contributed by atoms with van der Waals surface area (Å²) in [5.74, 6) is 1.14. The van der Waals surface area contributed by atoms with Crippen LogP contribution in [0, 0.1) is 14.4 Å². The van der Waals surface area contributed by atoms with Crippen molar-refractivity contribution < 1.29 is 9.22 Å². The molecule has 0 unspecified atom stereocenters. The number of ether oxygens (including phenoxy) is 1. The summed E-state index contributed by atoms with van der Waals surface area (Å²) < 4.78 is 9.19. The van der Waals surface area contributed by atoms with E-state index in [1.165, 1.54) is 21.1 Å². The van der Waals surface area contributed by atoms with Crippen LogP contribution in [0.15, 0.2) is 12.1 Å². The van der Waals surface area contributed by atoms with Gasteiger partial charge in [-0.3, -0.25) is 4.48 Å². The van der Waals surface area contributed by atoms with E-state index in [0.717, 1.165) is 29.6 Å². The molecule has 1 saturated carbocycles. The minimum atomic E-state index is -0.137. The predicted molar refractivity (Wildman–Crippen MR) is 118 cm³/mol. The Morgan fingerprint density at radius 2 is 1.50 bits per heavy atom. The van der Waals surface area contributed by atoms with Gasteiger partial charge in [0.15, 0.2) is 0 Å². The molecule has 1 spiro atoms. The maximum Gasteiger partial charge on any atom is 0.244 e. The van der Waals surface area contributed by atoms with Crippen molar-refractivity contribution in [2.75, 3.05) is 14.1 Å². The Kier molecular flexibility index (Phi) is 4.60. The van der Waals surface area contributed by atoms with Gasteiger partial charge in [-0.15, -0.1) is 0 Å². The summed E-state index contributed by atoms with van der Waals surface area (Å²) in [5.41, 5.74) is 3.40. The number of hydrogen-bond donors (Lipinski definition) is 0. The van der Waals surface area contributed by atoms with Gasteiger partial charge in [0, 0.05) is 12.8 Å². The average Bonchev–Trinajstić information content (AvgIpc) is 2.36. The number of rotatable bonds is 0. The van der Waals surface area contributed by atoms with Crippen molar-refractivity contribution in [3.8, 4) is 5.75 Å². The molecule has 0 bridgehead atoms. The molecule has 2 aliphatic rings. The Hall–Kier alpha value is -0.290. The zero-order valence-corrected chi connectivity index (χ0v) is 20.4. The molecule has 1 fully saturated rings. The number of halogens is 1. The first-order chi connectivity index (χ1) is 11.6. The second-order valence-corrected chi connectivity index (χ2v) is 13.1. The highest BCUT2D eigenvalue weighted by atomic mass is 127. The SMILES string of the molecule is CC1(C)CC(C)(C)CC2(C1)Oc1c(I)cc(C(C)(C)C)cc1C[N+]2(C)C. The van der Waals surface area contributed by atoms with Crippen molar-refractivity contribution in [2.24, 2.45) is 10.8 Å². The molecular weight excluding hydrogens is 433 g/mol. The first kappa shape index (κ1) is 20.4. The van der Waals surface area contributed by atoms with Crippen LogP contribution in [-0.2, 0) is 12.0 Å². The molecule has 0 radical (unpaired) electrons. The van der Waals surface area contributed by atoms with Crippen LogP contribution < -0.4 is 4.74 Å². The zero-order chi connectivity index (χ0) is 19.8. The summed E-state index contributed by atoms with van der Waals surface area (Å²) in [6.07, 6.45) is 3.50. The fraction of sp³-hybridized carbons (Fsp3) is 0.739. The maximum absolute atomic E-state index is 7.01. The van der Waals surface area contributed by atoms with E-state index in [1.54, 1.807) is 0 Å². The van der Waals surface area contributed by atoms with Crippen LogP contribution in [0.5, 0.6) is 5.75 Å². The van der Waals surface area contributed by atoms with E-state index in [-0.39, 0.29) is 11.1 Å². The summed E-state index contributed by atoms with van der Waals surface area (Å²) >= 11 is 2.49. The Bertz CT molecular complexity index is 708. The molecule has 0 N–H and O–H groups in total. The standard InChI is InChI=1S/C23H37INO/c1-20(2,3)17-10-16-12-25(8,9)23(26-19(16)18(24)11-17)14-21(4,5)13-22(6,7)15-23/h10-11H,12-15H2,1-9H3/q+1. The first-order valence-electron chi connectivity index (χ1n) is 9.91. The highest BCUT2D eigenvalue weighted by molar-refractivity contribution is 14.1. The highest BCUT2D eigenvalue weighted by Gasteiger charge is 2.60. The Labute approximate surface area is 174 Å². The van der Waals surface area contributed by atoms with E-state index in [0.29, 0.717) is 10.8 Å². The van der Waals surface area contributed by atoms with Crippen molar-refractivity contribution >= 4 is 22.6 Å². The molecule has 3 rings (SSSR count). The molecule has 3 heteroatoms. The molecule has 1 aromatic carbocycles. The van der Waals surface area contributed by atoms with E-state index < -0.39 is 0 Å². The van der Waals surface area contributed by atoms with Crippen molar-refractivity contribution in [3.05, 3.63) is 26.8 Å². The number of quaternary nitrogens is 1. The third kappa shape index (κ3) is 3.55. The van der Waals surface area contributed by atoms with E-state index in [1.807, 2.05) is 0 Å². The number of benzene rings is 1. The van der Waals surface area contributed by atoms with Gasteiger partial charge >= 0.3 is 0 Å². The molecule has 0 amide bonds. The van der Waals surface area contributed by atoms with Crippen molar-refractivity contribution in [1.29, 1.82) is 0 Å². The van der Waals surface area contributed by atoms with Gasteiger partial charge in [0.1, 0.15) is 12.3 Å². The predicted octanol–water partition coefficient (Wildman–Crippen LogP) is 6.49. The lowest BCUT2D eigenvalue weighted by atomic mass is 9.61. The van der Waals surface area contributed by atoms with Gasteiger partial charge in [0.25, 0.3) is 0 Å². The fourth-order valence-corrected chi connectivity index (χ4v) is 6.47. The van der Waals surface area contributed by atoms with Crippen molar-refractivity contribution in [2.45, 2.75) is 85.4 Å². The quantitative estimate of drug-likeness (QED) is 0.311. The van der Waals surface area contributed by atoms with Crippen LogP contribution in [-0.4, -0.2) is 24.3 Å². The van der Waals surface area contributed by atoms with Gasteiger partial charge in [-0.1, -0.05) is 48.5 Å². The maximum atomic E-state index is 7.01. The van der Waals surface area contributed by atoms with Gasteiger partial charge < -0.3 is 4.74 Å². The van der Waals surface area contributed by atoms with Crippen LogP contribution in [0.3, 0.4) is 0 Å². The number of fused-ring (bicyclic) bond motifs is 1. The molecule has 1 aliphatic carbocycles. The summed E-state index contributed by atoms with van der Waals surface area (Å²) in [4.78, 5) is 0. The molecule has 0 aromatic heterocycles. The average molecular weight is 470 g/mol. The van der Waals surface area contributed by atoms with Crippen LogP contribution in [0.25, 0.3) is 0 Å². The highest BCUT2D eigenvalue weighted by Crippen LogP contribution is 2.56. The molecule has 0 saturated heterocycles. The molecule has 2 nitrogen and oxygen atoms in total. The number of hydrogen-bond acceptors (Lipinski definition) is 1. The lowest BCUT2D eigenvalue weighted by molar-refractivity contribution is -0.982. The van der Waals surface area contributed by atoms with Crippen LogP contribution in [0.4, 0.5) is 0 Å². The Morgan fingerprint density at radius 3 is 2.00 bits per heavy atom. The largest absolute Gasteiger partial charge is 0.439 e. The second-order valence-electron chi connectivity index (χ2n) is 11.9. The van der Waals surface area contributed by atoms with Crippen LogP contribution in [0.1, 0.15) is 78.9 Å². The van der Waals surface area contributed by atoms with Gasteiger partial charge in [0.05, 0.1) is 23.2 Å². The van der Waals surface area contributed by atoms with Crippen LogP contribution >= 0.6 is 22.6 Å². The zero-order valence-electron chi connectivity index (χ0n) is 18.2. The van der Waals surface area contributed by atoms with Crippen LogP contribution in [0.2, 0.25) is 0 Å². The molecule has 26 heavy (non-hydrogen) atoms. The summed E-state index contributed by atoms with van der Waals surface area (Å²) in [6.45, 7) is 17.6. The minimum Gasteiger partial charge on any atom is -0.439 e. The Balaban J connectivity index is 2.11. The van der Waals surface area contributed by atoms with Crippen molar-refractivity contribution in [1.82, 2.24) is 0 Å². The third-order valence-corrected chi connectivity index (χ3v) is 7.22. The smallest absolute Gasteiger partial charge is 0.244 e. The monoisotopic (exact) mass is 470 g/mol. The number of nitrogens with zero attached hydrogens (tertiary/aromatic N) is 1. The molecular formula is C23H37INO+. The normalized spacial score (nSPS) is 25.5. The molecule has 0 atom stereocenters. The topological polar surface area (TPSA) is 9.23 Å². The van der Waals surface area contributed by atoms with E-state index in [2.05, 4.69) is 97.3 Å². The Morgan fingerprint density at radius 1 is 0.962 bits per heavy atom. The van der Waals surface area contributed by atoms with Gasteiger partial charge in [-0.25, -0.2) is 0 Å². The summed E-state index contributed by atoms with van der Waals surface area (Å²) in [7, 11) is 4.74. The second kappa shape index (κ2) is 5.85. The molecule has 1 aromatic rings. The fourth-order valence-electron chi connectivity index (χ4n) is 5.68. The van der Waals surface area contributed by atoms with Crippen molar-refractivity contribution in [3.63, 3.8) is 0 Å². The minimum absolute atomic E-state index is 0.137. The van der Waals surface area contributed by atoms with Gasteiger partial charge in [-0.05, 0) is 63.0 Å². The summed E-state index contributed by atoms with van der Waals surface area (Å²) in [5, 5.41) is 0. The lowest BCUT2D eigenvalue weighted by Crippen LogP contribution is -2.69. The lowest BCUT2D eigenvalue weighted by Gasteiger charge is -2.59. The van der Waals surface area contributed by atoms with Gasteiger partial charge in [-0.2, -0.15) is 0 Å². The summed E-state index contributed by atoms with van der Waals surface area (Å²) in [6, 6.07) is 4.72. The van der Waals surface area contributed by atoms with E-state index >= 15 is 0 Å². The molecule has 1 heterocycles. The third-order valence-electron chi connectivity index (χ3n) is 6.41. The molecule has 146 valence electrons. The van der Waals surface area contributed by atoms with Gasteiger partial charge in [0.2, 0.25) is 5.72 Å². The van der Waals surface area contributed by atoms with E-state index in [9.17, 15) is 0 Å². The molecule has 1 aliphatic heterocycles. The first-order valence-corrected chi connectivity index (χ1v) is 11.0.